The van der Waals surface area contributed by atoms with E-state index in [1.807, 2.05) is 12.4 Å². The maximum atomic E-state index is 11.0. The van der Waals surface area contributed by atoms with Gasteiger partial charge in [-0.3, -0.25) is 4.79 Å². The second-order valence-electron chi connectivity index (χ2n) is 5.89. The lowest BCUT2D eigenvalue weighted by molar-refractivity contribution is -0.142. The summed E-state index contributed by atoms with van der Waals surface area (Å²) in [4.78, 5) is 24.4. The first kappa shape index (κ1) is 14.1. The predicted octanol–water partition coefficient (Wildman–Crippen LogP) is 1.77. The second kappa shape index (κ2) is 6.28. The maximum absolute atomic E-state index is 11.0. The smallest absolute Gasteiger partial charge is 0.306 e. The van der Waals surface area contributed by atoms with Gasteiger partial charge in [-0.1, -0.05) is 0 Å². The van der Waals surface area contributed by atoms with E-state index in [0.717, 1.165) is 37.8 Å². The Kier molecular flexibility index (Phi) is 4.22. The highest BCUT2D eigenvalue weighted by atomic mass is 16.4. The van der Waals surface area contributed by atoms with E-state index in [0.29, 0.717) is 12.8 Å². The average Bonchev–Trinajstić information content (AvgIpc) is 2.56. The van der Waals surface area contributed by atoms with Crippen LogP contribution in [0.1, 0.15) is 32.1 Å². The number of anilines is 2. The van der Waals surface area contributed by atoms with Crippen molar-refractivity contribution in [3.05, 3.63) is 12.4 Å². The van der Waals surface area contributed by atoms with Gasteiger partial charge in [-0.2, -0.15) is 0 Å². The zero-order valence-corrected chi connectivity index (χ0v) is 12.2. The summed E-state index contributed by atoms with van der Waals surface area (Å²) in [5.41, 5.74) is 1.000. The van der Waals surface area contributed by atoms with Crippen molar-refractivity contribution in [2.24, 2.45) is 5.92 Å². The minimum absolute atomic E-state index is 0.199. The lowest BCUT2D eigenvalue weighted by Gasteiger charge is -2.32. The first-order valence-electron chi connectivity index (χ1n) is 7.79. The fourth-order valence-electron chi connectivity index (χ4n) is 3.12. The first-order valence-corrected chi connectivity index (χ1v) is 7.79. The minimum Gasteiger partial charge on any atom is -0.481 e. The topological polar surface area (TPSA) is 69.6 Å². The standard InChI is InChI=1S/C15H22N4O2/c20-14(21)12-4-8-18(9-5-12)13-10-16-15(17-11-13)19-6-2-1-3-7-19/h10-12H,1-9H2,(H,20,21). The number of aliphatic carboxylic acids is 1. The molecule has 0 bridgehead atoms. The molecule has 2 aliphatic rings. The van der Waals surface area contributed by atoms with Crippen molar-refractivity contribution >= 4 is 17.6 Å². The summed E-state index contributed by atoms with van der Waals surface area (Å²) in [5, 5.41) is 9.03. The molecule has 1 aromatic rings. The number of carboxylic acids is 1. The Labute approximate surface area is 124 Å². The van der Waals surface area contributed by atoms with Crippen LogP contribution < -0.4 is 9.80 Å². The second-order valence-corrected chi connectivity index (χ2v) is 5.89. The number of piperidine rings is 2. The molecule has 2 saturated heterocycles. The fraction of sp³-hybridized carbons (Fsp3) is 0.667. The van der Waals surface area contributed by atoms with E-state index < -0.39 is 5.97 Å². The van der Waals surface area contributed by atoms with Crippen LogP contribution in [0.2, 0.25) is 0 Å². The van der Waals surface area contributed by atoms with Gasteiger partial charge in [0.2, 0.25) is 5.95 Å². The van der Waals surface area contributed by atoms with Gasteiger partial charge in [0.05, 0.1) is 24.0 Å². The Morgan fingerprint density at radius 2 is 1.62 bits per heavy atom. The highest BCUT2D eigenvalue weighted by molar-refractivity contribution is 5.70. The largest absolute Gasteiger partial charge is 0.481 e. The molecule has 1 N–H and O–H groups in total. The number of hydrogen-bond donors (Lipinski definition) is 1. The van der Waals surface area contributed by atoms with E-state index >= 15 is 0 Å². The SMILES string of the molecule is O=C(O)C1CCN(c2cnc(N3CCCCC3)nc2)CC1. The molecule has 0 amide bonds. The van der Waals surface area contributed by atoms with Crippen molar-refractivity contribution in [1.82, 2.24) is 9.97 Å². The van der Waals surface area contributed by atoms with Gasteiger partial charge in [-0.05, 0) is 32.1 Å². The van der Waals surface area contributed by atoms with E-state index in [1.54, 1.807) is 0 Å². The van der Waals surface area contributed by atoms with Crippen LogP contribution >= 0.6 is 0 Å². The first-order chi connectivity index (χ1) is 10.2. The lowest BCUT2D eigenvalue weighted by atomic mass is 9.97. The van der Waals surface area contributed by atoms with Crippen LogP contribution in [0.4, 0.5) is 11.6 Å². The van der Waals surface area contributed by atoms with Crippen molar-refractivity contribution in [1.29, 1.82) is 0 Å². The molecule has 6 nitrogen and oxygen atoms in total. The van der Waals surface area contributed by atoms with Gasteiger partial charge in [0.25, 0.3) is 0 Å². The Morgan fingerprint density at radius 1 is 1.00 bits per heavy atom. The summed E-state index contributed by atoms with van der Waals surface area (Å²) >= 11 is 0. The molecule has 0 aliphatic carbocycles. The Bertz CT molecular complexity index is 477. The maximum Gasteiger partial charge on any atom is 0.306 e. The van der Waals surface area contributed by atoms with E-state index in [2.05, 4.69) is 19.8 Å². The monoisotopic (exact) mass is 290 g/mol. The van der Waals surface area contributed by atoms with Gasteiger partial charge in [0.1, 0.15) is 0 Å². The molecule has 0 aromatic carbocycles. The number of rotatable bonds is 3. The summed E-state index contributed by atoms with van der Waals surface area (Å²) in [6.45, 7) is 3.62. The summed E-state index contributed by atoms with van der Waals surface area (Å²) < 4.78 is 0. The van der Waals surface area contributed by atoms with E-state index in [9.17, 15) is 4.79 Å². The highest BCUT2D eigenvalue weighted by Crippen LogP contribution is 2.23. The Morgan fingerprint density at radius 3 is 2.19 bits per heavy atom. The van der Waals surface area contributed by atoms with Crippen molar-refractivity contribution < 1.29 is 9.90 Å². The third kappa shape index (κ3) is 3.25. The molecule has 0 saturated carbocycles. The Balaban J connectivity index is 1.61. The van der Waals surface area contributed by atoms with Crippen LogP contribution in [0.25, 0.3) is 0 Å². The van der Waals surface area contributed by atoms with Crippen molar-refractivity contribution in [3.63, 3.8) is 0 Å². The van der Waals surface area contributed by atoms with Crippen LogP contribution in [-0.2, 0) is 4.79 Å². The molecule has 0 radical (unpaired) electrons. The molecule has 6 heteroatoms. The van der Waals surface area contributed by atoms with Crippen LogP contribution in [0.3, 0.4) is 0 Å². The summed E-state index contributed by atoms with van der Waals surface area (Å²) in [6.07, 6.45) is 8.87. The van der Waals surface area contributed by atoms with Gasteiger partial charge in [0.15, 0.2) is 0 Å². The van der Waals surface area contributed by atoms with Gasteiger partial charge in [0, 0.05) is 26.2 Å². The van der Waals surface area contributed by atoms with Crippen molar-refractivity contribution in [2.75, 3.05) is 36.0 Å². The highest BCUT2D eigenvalue weighted by Gasteiger charge is 2.25. The fourth-order valence-corrected chi connectivity index (χ4v) is 3.12. The molecule has 1 aromatic heterocycles. The van der Waals surface area contributed by atoms with Crippen molar-refractivity contribution in [2.45, 2.75) is 32.1 Å². The number of aromatic nitrogens is 2. The summed E-state index contributed by atoms with van der Waals surface area (Å²) in [5.74, 6) is -0.0555. The third-order valence-corrected chi connectivity index (χ3v) is 4.47. The van der Waals surface area contributed by atoms with Crippen LogP contribution in [-0.4, -0.2) is 47.2 Å². The molecule has 114 valence electrons. The molecule has 3 heterocycles. The number of nitrogens with zero attached hydrogens (tertiary/aromatic N) is 4. The van der Waals surface area contributed by atoms with E-state index in [1.165, 1.54) is 19.3 Å². The third-order valence-electron chi connectivity index (χ3n) is 4.47. The summed E-state index contributed by atoms with van der Waals surface area (Å²) in [6, 6.07) is 0. The molecular formula is C15H22N4O2. The minimum atomic E-state index is -0.675. The molecule has 3 rings (SSSR count). The van der Waals surface area contributed by atoms with Gasteiger partial charge >= 0.3 is 5.97 Å². The van der Waals surface area contributed by atoms with Gasteiger partial charge in [-0.25, -0.2) is 9.97 Å². The molecule has 2 aliphatic heterocycles. The number of hydrogen-bond acceptors (Lipinski definition) is 5. The predicted molar refractivity (Wildman–Crippen MR) is 80.7 cm³/mol. The van der Waals surface area contributed by atoms with Crippen LogP contribution in [0.5, 0.6) is 0 Å². The number of carbonyl (C=O) groups is 1. The molecule has 21 heavy (non-hydrogen) atoms. The molecule has 0 atom stereocenters. The zero-order chi connectivity index (χ0) is 14.7. The van der Waals surface area contributed by atoms with E-state index in [4.69, 9.17) is 5.11 Å². The molecular weight excluding hydrogens is 268 g/mol. The number of carboxylic acid groups (broad SMARTS) is 1. The van der Waals surface area contributed by atoms with Gasteiger partial charge in [-0.15, -0.1) is 0 Å². The van der Waals surface area contributed by atoms with Crippen LogP contribution in [0.15, 0.2) is 12.4 Å². The normalized spacial score (nSPS) is 20.6. The molecule has 0 spiro atoms. The van der Waals surface area contributed by atoms with Crippen LogP contribution in [0, 0.1) is 5.92 Å². The lowest BCUT2D eigenvalue weighted by Crippen LogP contribution is -2.36. The van der Waals surface area contributed by atoms with Crippen molar-refractivity contribution in [3.8, 4) is 0 Å². The Hall–Kier alpha value is -1.85. The average molecular weight is 290 g/mol. The summed E-state index contributed by atoms with van der Waals surface area (Å²) in [7, 11) is 0. The van der Waals surface area contributed by atoms with Gasteiger partial charge < -0.3 is 14.9 Å². The van der Waals surface area contributed by atoms with E-state index in [-0.39, 0.29) is 5.92 Å². The molecule has 2 fully saturated rings. The zero-order valence-electron chi connectivity index (χ0n) is 12.2. The molecule has 0 unspecified atom stereocenters. The quantitative estimate of drug-likeness (QED) is 0.915.